The number of rotatable bonds is 1. The van der Waals surface area contributed by atoms with Gasteiger partial charge in [-0.3, -0.25) is 4.79 Å². The lowest BCUT2D eigenvalue weighted by Crippen LogP contribution is -2.37. The number of carbonyl (C=O) groups is 1. The third kappa shape index (κ3) is 1.68. The number of benzene rings is 1. The summed E-state index contributed by atoms with van der Waals surface area (Å²) in [6.07, 6.45) is 2.32. The molecule has 2 aliphatic heterocycles. The molecule has 1 atom stereocenters. The number of nitrogens with one attached hydrogen (secondary N) is 1. The first-order valence-corrected chi connectivity index (χ1v) is 6.39. The maximum Gasteiger partial charge on any atom is 0.264 e. The highest BCUT2D eigenvalue weighted by molar-refractivity contribution is 5.97. The van der Waals surface area contributed by atoms with Gasteiger partial charge in [-0.25, -0.2) is 0 Å². The molecule has 0 spiro atoms. The summed E-state index contributed by atoms with van der Waals surface area (Å²) in [6, 6.07) is 6.14. The Morgan fingerprint density at radius 2 is 2.28 bits per heavy atom. The Balaban J connectivity index is 2.02. The van der Waals surface area contributed by atoms with Crippen molar-refractivity contribution in [3.63, 3.8) is 0 Å². The Labute approximate surface area is 107 Å². The zero-order valence-corrected chi connectivity index (χ0v) is 10.8. The van der Waals surface area contributed by atoms with Gasteiger partial charge in [-0.2, -0.15) is 0 Å². The second-order valence-electron chi connectivity index (χ2n) is 5.29. The lowest BCUT2D eigenvalue weighted by Gasteiger charge is -2.30. The van der Waals surface area contributed by atoms with Crippen molar-refractivity contribution in [2.24, 2.45) is 0 Å². The highest BCUT2D eigenvalue weighted by atomic mass is 16.5. The number of hydrogen-bond donors (Lipinski definition) is 1. The molecule has 0 radical (unpaired) electrons. The first kappa shape index (κ1) is 11.5. The maximum atomic E-state index is 11.7. The van der Waals surface area contributed by atoms with E-state index < -0.39 is 0 Å². The minimum Gasteiger partial charge on any atom is -0.482 e. The van der Waals surface area contributed by atoms with Gasteiger partial charge in [0.25, 0.3) is 5.91 Å². The lowest BCUT2D eigenvalue weighted by molar-refractivity contribution is -0.120. The molecule has 4 heteroatoms. The average Bonchev–Trinajstić information content (AvgIpc) is 2.82. The molecule has 0 aromatic heterocycles. The fraction of sp³-hybridized carbons (Fsp3) is 0.500. The number of fused-ring (bicyclic) bond motifs is 1. The number of amides is 1. The molecule has 2 aliphatic rings. The summed E-state index contributed by atoms with van der Waals surface area (Å²) in [5, 5.41) is 3.54. The molecule has 4 nitrogen and oxygen atoms in total. The van der Waals surface area contributed by atoms with Crippen molar-refractivity contribution in [1.29, 1.82) is 0 Å². The maximum absolute atomic E-state index is 11.7. The van der Waals surface area contributed by atoms with E-state index in [0.29, 0.717) is 0 Å². The Morgan fingerprint density at radius 1 is 1.44 bits per heavy atom. The number of hydrogen-bond acceptors (Lipinski definition) is 3. The Hall–Kier alpha value is -1.55. The van der Waals surface area contributed by atoms with Crippen molar-refractivity contribution in [3.05, 3.63) is 23.8 Å². The quantitative estimate of drug-likeness (QED) is 0.819. The van der Waals surface area contributed by atoms with Crippen molar-refractivity contribution >= 4 is 11.6 Å². The van der Waals surface area contributed by atoms with E-state index in [1.807, 2.05) is 6.07 Å². The minimum atomic E-state index is 0.00387. The molecule has 0 bridgehead atoms. The summed E-state index contributed by atoms with van der Waals surface area (Å²) < 4.78 is 5.45. The van der Waals surface area contributed by atoms with Crippen LogP contribution in [0.2, 0.25) is 0 Å². The number of nitrogens with zero attached hydrogens (tertiary/aromatic N) is 1. The molecule has 1 aromatic rings. The molecule has 1 amide bonds. The van der Waals surface area contributed by atoms with Gasteiger partial charge in [0.15, 0.2) is 6.61 Å². The second kappa shape index (κ2) is 3.99. The summed E-state index contributed by atoms with van der Waals surface area (Å²) in [6.45, 7) is 3.41. The predicted octanol–water partition coefficient (Wildman–Crippen LogP) is 1.64. The molecule has 0 saturated carbocycles. The summed E-state index contributed by atoms with van der Waals surface area (Å²) in [5.74, 6) is 0.798. The van der Waals surface area contributed by atoms with E-state index in [-0.39, 0.29) is 18.1 Å². The second-order valence-corrected chi connectivity index (χ2v) is 5.29. The van der Waals surface area contributed by atoms with Crippen molar-refractivity contribution in [1.82, 2.24) is 5.32 Å². The lowest BCUT2D eigenvalue weighted by atomic mass is 9.90. The Morgan fingerprint density at radius 3 is 3.00 bits per heavy atom. The highest BCUT2D eigenvalue weighted by Crippen LogP contribution is 2.37. The van der Waals surface area contributed by atoms with Crippen molar-refractivity contribution < 1.29 is 9.53 Å². The highest BCUT2D eigenvalue weighted by Gasteiger charge is 2.32. The largest absolute Gasteiger partial charge is 0.482 e. The van der Waals surface area contributed by atoms with Crippen LogP contribution in [0.4, 0.5) is 5.69 Å². The van der Waals surface area contributed by atoms with Gasteiger partial charge in [-0.05, 0) is 44.0 Å². The van der Waals surface area contributed by atoms with Crippen molar-refractivity contribution in [2.45, 2.75) is 25.3 Å². The zero-order valence-electron chi connectivity index (χ0n) is 10.8. The molecule has 2 heterocycles. The summed E-state index contributed by atoms with van der Waals surface area (Å²) in [4.78, 5) is 13.3. The normalized spacial score (nSPS) is 27.0. The van der Waals surface area contributed by atoms with Crippen LogP contribution in [-0.4, -0.2) is 26.1 Å². The number of anilines is 1. The van der Waals surface area contributed by atoms with Gasteiger partial charge in [-0.15, -0.1) is 0 Å². The van der Waals surface area contributed by atoms with Gasteiger partial charge < -0.3 is 15.0 Å². The molecular formula is C14H18N2O2. The number of carbonyl (C=O) groups excluding carboxylic acids is 1. The van der Waals surface area contributed by atoms with Crippen molar-refractivity contribution in [2.75, 3.05) is 25.1 Å². The smallest absolute Gasteiger partial charge is 0.264 e. The molecule has 1 aromatic carbocycles. The summed E-state index contributed by atoms with van der Waals surface area (Å²) in [7, 11) is 1.80. The summed E-state index contributed by atoms with van der Waals surface area (Å²) in [5.41, 5.74) is 2.12. The summed E-state index contributed by atoms with van der Waals surface area (Å²) >= 11 is 0. The molecule has 1 N–H and O–H groups in total. The van der Waals surface area contributed by atoms with Crippen LogP contribution in [-0.2, 0) is 10.3 Å². The Kier molecular flexibility index (Phi) is 2.55. The van der Waals surface area contributed by atoms with Crippen LogP contribution < -0.4 is 15.0 Å². The standard InChI is InChI=1S/C14H18N2O2/c1-14(6-3-7-15-14)10-4-5-12-11(8-10)16(2)13(17)9-18-12/h4-5,8,15H,3,6-7,9H2,1-2H3. The van der Waals surface area contributed by atoms with Gasteiger partial charge in [0.1, 0.15) is 5.75 Å². The van der Waals surface area contributed by atoms with Crippen LogP contribution in [0.5, 0.6) is 5.75 Å². The molecule has 3 rings (SSSR count). The van der Waals surface area contributed by atoms with Gasteiger partial charge in [-0.1, -0.05) is 6.07 Å². The third-order valence-electron chi connectivity index (χ3n) is 4.05. The average molecular weight is 246 g/mol. The number of likely N-dealkylation sites (N-methyl/N-ethyl adjacent to an activating group) is 1. The van der Waals surface area contributed by atoms with E-state index in [1.54, 1.807) is 11.9 Å². The fourth-order valence-electron chi connectivity index (χ4n) is 2.76. The van der Waals surface area contributed by atoms with Crippen LogP contribution in [0.1, 0.15) is 25.3 Å². The van der Waals surface area contributed by atoms with E-state index in [1.165, 1.54) is 12.0 Å². The van der Waals surface area contributed by atoms with Gasteiger partial charge in [0.2, 0.25) is 0 Å². The van der Waals surface area contributed by atoms with Gasteiger partial charge >= 0.3 is 0 Å². The van der Waals surface area contributed by atoms with E-state index in [4.69, 9.17) is 4.74 Å². The molecule has 96 valence electrons. The molecular weight excluding hydrogens is 228 g/mol. The zero-order chi connectivity index (χ0) is 12.8. The van der Waals surface area contributed by atoms with Crippen LogP contribution in [0.15, 0.2) is 18.2 Å². The predicted molar refractivity (Wildman–Crippen MR) is 69.9 cm³/mol. The molecule has 1 saturated heterocycles. The topological polar surface area (TPSA) is 41.6 Å². The first-order chi connectivity index (χ1) is 8.60. The number of ether oxygens (including phenoxy) is 1. The molecule has 1 unspecified atom stereocenters. The molecule has 18 heavy (non-hydrogen) atoms. The van der Waals surface area contributed by atoms with Gasteiger partial charge in [0.05, 0.1) is 5.69 Å². The van der Waals surface area contributed by atoms with Crippen LogP contribution in [0, 0.1) is 0 Å². The van der Waals surface area contributed by atoms with E-state index in [9.17, 15) is 4.79 Å². The monoisotopic (exact) mass is 246 g/mol. The first-order valence-electron chi connectivity index (χ1n) is 6.39. The van der Waals surface area contributed by atoms with Crippen LogP contribution in [0.25, 0.3) is 0 Å². The molecule has 1 fully saturated rings. The van der Waals surface area contributed by atoms with E-state index >= 15 is 0 Å². The van der Waals surface area contributed by atoms with Crippen molar-refractivity contribution in [3.8, 4) is 5.75 Å². The van der Waals surface area contributed by atoms with E-state index in [0.717, 1.165) is 24.4 Å². The van der Waals surface area contributed by atoms with E-state index in [2.05, 4.69) is 24.4 Å². The van der Waals surface area contributed by atoms with Gasteiger partial charge in [0, 0.05) is 12.6 Å². The fourth-order valence-corrected chi connectivity index (χ4v) is 2.76. The third-order valence-corrected chi connectivity index (χ3v) is 4.05. The van der Waals surface area contributed by atoms with Crippen LogP contribution >= 0.6 is 0 Å². The Bertz CT molecular complexity index is 493. The van der Waals surface area contributed by atoms with Crippen LogP contribution in [0.3, 0.4) is 0 Å². The molecule has 0 aliphatic carbocycles. The minimum absolute atomic E-state index is 0.00387. The SMILES string of the molecule is CN1C(=O)COc2ccc(C3(C)CCCN3)cc21.